The summed E-state index contributed by atoms with van der Waals surface area (Å²) in [6, 6.07) is 0. The van der Waals surface area contributed by atoms with E-state index < -0.39 is 40.8 Å². The van der Waals surface area contributed by atoms with Gasteiger partial charge in [0, 0.05) is 18.8 Å². The molecule has 2 aliphatic carbocycles. The van der Waals surface area contributed by atoms with Crippen molar-refractivity contribution in [2.45, 2.75) is 58.5 Å². The highest BCUT2D eigenvalue weighted by Crippen LogP contribution is 2.71. The van der Waals surface area contributed by atoms with Crippen LogP contribution in [0.2, 0.25) is 0 Å². The summed E-state index contributed by atoms with van der Waals surface area (Å²) in [7, 11) is 0. The molecule has 6 atom stereocenters. The zero-order valence-electron chi connectivity index (χ0n) is 13.7. The second-order valence-electron chi connectivity index (χ2n) is 7.62. The molecule has 23 heavy (non-hydrogen) atoms. The smallest absolute Gasteiger partial charge is 0.321 e. The Hall–Kier alpha value is -1.69. The fourth-order valence-electron chi connectivity index (χ4n) is 4.86. The quantitative estimate of drug-likeness (QED) is 0.538. The number of esters is 2. The summed E-state index contributed by atoms with van der Waals surface area (Å²) in [5.41, 5.74) is -1.57. The van der Waals surface area contributed by atoms with Crippen molar-refractivity contribution >= 4 is 17.7 Å². The van der Waals surface area contributed by atoms with Crippen LogP contribution in [0.5, 0.6) is 0 Å². The Morgan fingerprint density at radius 3 is 2.61 bits per heavy atom. The predicted octanol–water partition coefficient (Wildman–Crippen LogP) is 1.52. The summed E-state index contributed by atoms with van der Waals surface area (Å²) in [6.07, 6.45) is 1.07. The van der Waals surface area contributed by atoms with Gasteiger partial charge in [-0.2, -0.15) is 0 Å². The monoisotopic (exact) mass is 320 g/mol. The molecule has 0 aromatic heterocycles. The second kappa shape index (κ2) is 4.04. The first-order valence-corrected chi connectivity index (χ1v) is 7.96. The van der Waals surface area contributed by atoms with Gasteiger partial charge in [0.25, 0.3) is 0 Å². The number of epoxide rings is 1. The van der Waals surface area contributed by atoms with Gasteiger partial charge >= 0.3 is 11.9 Å². The summed E-state index contributed by atoms with van der Waals surface area (Å²) in [5, 5.41) is 0. The summed E-state index contributed by atoms with van der Waals surface area (Å²) >= 11 is 0. The van der Waals surface area contributed by atoms with Crippen LogP contribution in [-0.4, -0.2) is 35.7 Å². The minimum absolute atomic E-state index is 0.0343. The SMILES string of the molecule is CC(=O)O[C@H]1C2(C)C(=CC(=O)CC2C)CC12C(=O)OC1OC12C. The van der Waals surface area contributed by atoms with Gasteiger partial charge in [-0.15, -0.1) is 0 Å². The highest BCUT2D eigenvalue weighted by atomic mass is 16.8. The lowest BCUT2D eigenvalue weighted by atomic mass is 9.64. The van der Waals surface area contributed by atoms with E-state index in [1.807, 2.05) is 20.8 Å². The molecule has 0 aromatic rings. The molecule has 2 saturated heterocycles. The van der Waals surface area contributed by atoms with E-state index in [9.17, 15) is 14.4 Å². The third-order valence-electron chi connectivity index (χ3n) is 6.51. The fourth-order valence-corrected chi connectivity index (χ4v) is 4.86. The van der Waals surface area contributed by atoms with E-state index in [4.69, 9.17) is 14.2 Å². The Labute approximate surface area is 134 Å². The normalized spacial score (nSPS) is 50.3. The number of ether oxygens (including phenoxy) is 3. The predicted molar refractivity (Wildman–Crippen MR) is 77.0 cm³/mol. The van der Waals surface area contributed by atoms with Gasteiger partial charge in [-0.05, 0) is 25.3 Å². The van der Waals surface area contributed by atoms with E-state index >= 15 is 0 Å². The van der Waals surface area contributed by atoms with Crippen molar-refractivity contribution in [3.8, 4) is 0 Å². The Morgan fingerprint density at radius 2 is 2.04 bits per heavy atom. The molecule has 0 radical (unpaired) electrons. The Bertz CT molecular complexity index is 681. The first-order valence-electron chi connectivity index (χ1n) is 7.96. The lowest BCUT2D eigenvalue weighted by molar-refractivity contribution is -0.182. The molecule has 0 aromatic carbocycles. The van der Waals surface area contributed by atoms with Gasteiger partial charge < -0.3 is 14.2 Å². The van der Waals surface area contributed by atoms with Crippen LogP contribution in [0.3, 0.4) is 0 Å². The fraction of sp³-hybridized carbons (Fsp3) is 0.706. The molecule has 2 heterocycles. The van der Waals surface area contributed by atoms with E-state index in [1.54, 1.807) is 6.08 Å². The molecule has 0 amide bonds. The standard InChI is InChI=1S/C17H20O6/c1-8-5-11(19)6-10-7-17(12(15(8,10)3)21-9(2)18)13(20)22-14-16(17,4)23-14/h6,8,12,14H,5,7H2,1-4H3/t8?,12-,14?,15?,16?,17?/m0/s1. The zero-order chi connectivity index (χ0) is 16.8. The number of allylic oxidation sites excluding steroid dienone is 1. The van der Waals surface area contributed by atoms with E-state index in [0.717, 1.165) is 5.57 Å². The van der Waals surface area contributed by atoms with Crippen molar-refractivity contribution in [3.63, 3.8) is 0 Å². The number of rotatable bonds is 1. The van der Waals surface area contributed by atoms with Gasteiger partial charge in [-0.25, -0.2) is 0 Å². The number of ketones is 1. The third-order valence-corrected chi connectivity index (χ3v) is 6.51. The van der Waals surface area contributed by atoms with E-state index in [0.29, 0.717) is 12.8 Å². The highest BCUT2D eigenvalue weighted by Gasteiger charge is 2.85. The van der Waals surface area contributed by atoms with Gasteiger partial charge in [0.05, 0.1) is 0 Å². The number of carbonyl (C=O) groups is 3. The van der Waals surface area contributed by atoms with Crippen LogP contribution in [0.1, 0.15) is 40.5 Å². The first-order chi connectivity index (χ1) is 10.7. The summed E-state index contributed by atoms with van der Waals surface area (Å²) in [5.74, 6) is -0.818. The lowest BCUT2D eigenvalue weighted by Crippen LogP contribution is -2.54. The molecule has 3 fully saturated rings. The minimum atomic E-state index is -1.07. The van der Waals surface area contributed by atoms with Crippen molar-refractivity contribution < 1.29 is 28.6 Å². The summed E-state index contributed by atoms with van der Waals surface area (Å²) in [4.78, 5) is 36.5. The Morgan fingerprint density at radius 1 is 1.35 bits per heavy atom. The molecule has 6 nitrogen and oxygen atoms in total. The van der Waals surface area contributed by atoms with Crippen molar-refractivity contribution in [3.05, 3.63) is 11.6 Å². The number of hydrogen-bond donors (Lipinski definition) is 0. The first kappa shape index (κ1) is 14.9. The third kappa shape index (κ3) is 1.50. The van der Waals surface area contributed by atoms with Gasteiger partial charge in [-0.3, -0.25) is 14.4 Å². The van der Waals surface area contributed by atoms with Crippen molar-refractivity contribution in [2.24, 2.45) is 16.7 Å². The molecule has 0 N–H and O–H groups in total. The molecular formula is C17H20O6. The molecule has 6 heteroatoms. The van der Waals surface area contributed by atoms with Crippen LogP contribution in [0.15, 0.2) is 11.6 Å². The minimum Gasteiger partial charge on any atom is -0.460 e. The average Bonchev–Trinajstić information content (AvgIpc) is 2.94. The van der Waals surface area contributed by atoms with Gasteiger partial charge in [0.1, 0.15) is 11.5 Å². The molecule has 1 saturated carbocycles. The van der Waals surface area contributed by atoms with Crippen molar-refractivity contribution in [1.82, 2.24) is 0 Å². The maximum atomic E-state index is 12.7. The second-order valence-corrected chi connectivity index (χ2v) is 7.62. The number of hydrogen-bond acceptors (Lipinski definition) is 6. The zero-order valence-corrected chi connectivity index (χ0v) is 13.7. The summed E-state index contributed by atoms with van der Waals surface area (Å²) < 4.78 is 16.7. The molecule has 1 spiro atoms. The topological polar surface area (TPSA) is 82.2 Å². The van der Waals surface area contributed by atoms with Crippen molar-refractivity contribution in [2.75, 3.05) is 0 Å². The van der Waals surface area contributed by atoms with E-state index in [-0.39, 0.29) is 11.7 Å². The molecular weight excluding hydrogens is 300 g/mol. The molecule has 124 valence electrons. The lowest BCUT2D eigenvalue weighted by Gasteiger charge is -2.43. The number of fused-ring (bicyclic) bond motifs is 3. The maximum Gasteiger partial charge on any atom is 0.321 e. The Kier molecular flexibility index (Phi) is 2.61. The number of carbonyl (C=O) groups excluding carboxylic acids is 3. The highest BCUT2D eigenvalue weighted by molar-refractivity contribution is 5.94. The van der Waals surface area contributed by atoms with Crippen LogP contribution >= 0.6 is 0 Å². The van der Waals surface area contributed by atoms with Crippen LogP contribution in [0, 0.1) is 16.7 Å². The van der Waals surface area contributed by atoms with Crippen LogP contribution < -0.4 is 0 Å². The largest absolute Gasteiger partial charge is 0.460 e. The Balaban J connectivity index is 1.91. The van der Waals surface area contributed by atoms with Gasteiger partial charge in [0.15, 0.2) is 11.4 Å². The summed E-state index contributed by atoms with van der Waals surface area (Å²) in [6.45, 7) is 7.11. The van der Waals surface area contributed by atoms with E-state index in [2.05, 4.69) is 0 Å². The van der Waals surface area contributed by atoms with Crippen LogP contribution in [0.4, 0.5) is 0 Å². The molecule has 4 aliphatic rings. The maximum absolute atomic E-state index is 12.7. The molecule has 2 aliphatic heterocycles. The van der Waals surface area contributed by atoms with Crippen molar-refractivity contribution in [1.29, 1.82) is 0 Å². The molecule has 4 rings (SSSR count). The van der Waals surface area contributed by atoms with Crippen LogP contribution in [-0.2, 0) is 28.6 Å². The molecule has 0 bridgehead atoms. The van der Waals surface area contributed by atoms with Gasteiger partial charge in [-0.1, -0.05) is 19.4 Å². The average molecular weight is 320 g/mol. The van der Waals surface area contributed by atoms with Crippen LogP contribution in [0.25, 0.3) is 0 Å². The van der Waals surface area contributed by atoms with E-state index in [1.165, 1.54) is 6.92 Å². The van der Waals surface area contributed by atoms with Gasteiger partial charge in [0.2, 0.25) is 6.29 Å². The molecule has 5 unspecified atom stereocenters.